The van der Waals surface area contributed by atoms with E-state index < -0.39 is 27.8 Å². The Hall–Kier alpha value is -1.89. The number of amides is 2. The Morgan fingerprint density at radius 3 is 2.70 bits per heavy atom. The lowest BCUT2D eigenvalue weighted by atomic mass is 10.0. The quantitative estimate of drug-likeness (QED) is 0.833. The molecule has 2 aliphatic rings. The molecule has 2 amide bonds. The lowest BCUT2D eigenvalue weighted by Crippen LogP contribution is -2.46. The first-order chi connectivity index (χ1) is 11.0. The molecule has 0 spiro atoms. The second-order valence-corrected chi connectivity index (χ2v) is 8.31. The third-order valence-electron chi connectivity index (χ3n) is 4.32. The fourth-order valence-corrected chi connectivity index (χ4v) is 4.88. The van der Waals surface area contributed by atoms with Crippen molar-refractivity contribution in [3.05, 3.63) is 35.9 Å². The zero-order valence-electron chi connectivity index (χ0n) is 12.7. The lowest BCUT2D eigenvalue weighted by Gasteiger charge is -2.27. The topological polar surface area (TPSA) is 80.8 Å². The number of nitrogens with zero attached hydrogens (tertiary/aromatic N) is 1. The highest BCUT2D eigenvalue weighted by Crippen LogP contribution is 2.25. The number of carbonyl (C=O) groups excluding carboxylic acids is 2. The molecule has 1 aromatic rings. The van der Waals surface area contributed by atoms with Gasteiger partial charge in [0.25, 0.3) is 0 Å². The summed E-state index contributed by atoms with van der Waals surface area (Å²) in [5.41, 5.74) is 1.00. The van der Waals surface area contributed by atoms with Crippen molar-refractivity contribution in [2.24, 2.45) is 5.92 Å². The summed E-state index contributed by atoms with van der Waals surface area (Å²) in [6.07, 6.45) is 0.807. The molecule has 0 saturated carbocycles. The second kappa shape index (κ2) is 6.31. The van der Waals surface area contributed by atoms with Crippen molar-refractivity contribution < 1.29 is 22.7 Å². The van der Waals surface area contributed by atoms with Crippen molar-refractivity contribution in [3.8, 4) is 0 Å². The van der Waals surface area contributed by atoms with E-state index >= 15 is 0 Å². The lowest BCUT2D eigenvalue weighted by molar-refractivity contribution is -0.133. The van der Waals surface area contributed by atoms with E-state index in [1.807, 2.05) is 30.3 Å². The summed E-state index contributed by atoms with van der Waals surface area (Å²) in [4.78, 5) is 25.7. The summed E-state index contributed by atoms with van der Waals surface area (Å²) in [6.45, 7) is 0.152. The first-order valence-corrected chi connectivity index (χ1v) is 9.52. The molecule has 0 unspecified atom stereocenters. The van der Waals surface area contributed by atoms with Gasteiger partial charge in [0.05, 0.1) is 23.5 Å². The number of imide groups is 1. The average molecular weight is 337 g/mol. The maximum absolute atomic E-state index is 12.7. The molecular formula is C16H19NO5S. The van der Waals surface area contributed by atoms with E-state index in [2.05, 4.69) is 0 Å². The molecule has 1 aromatic carbocycles. The van der Waals surface area contributed by atoms with Gasteiger partial charge in [-0.1, -0.05) is 30.3 Å². The number of rotatable bonds is 3. The molecule has 2 aliphatic heterocycles. The van der Waals surface area contributed by atoms with Crippen molar-refractivity contribution >= 4 is 21.8 Å². The maximum Gasteiger partial charge on any atom is 0.416 e. The van der Waals surface area contributed by atoms with E-state index in [0.29, 0.717) is 19.3 Å². The van der Waals surface area contributed by atoms with Gasteiger partial charge in [0.15, 0.2) is 9.84 Å². The van der Waals surface area contributed by atoms with Crippen molar-refractivity contribution in [2.75, 3.05) is 18.1 Å². The maximum atomic E-state index is 12.7. The number of cyclic esters (lactones) is 1. The SMILES string of the molecule is O=C1OC[C@@H](Cc2ccccc2)N1C(=O)[C@@H]1CCCS(=O)(=O)C1. The number of ether oxygens (including phenoxy) is 1. The second-order valence-electron chi connectivity index (χ2n) is 6.08. The summed E-state index contributed by atoms with van der Waals surface area (Å²) < 4.78 is 28.5. The molecule has 3 rings (SSSR count). The van der Waals surface area contributed by atoms with Gasteiger partial charge in [-0.15, -0.1) is 0 Å². The van der Waals surface area contributed by atoms with Crippen molar-refractivity contribution in [3.63, 3.8) is 0 Å². The molecule has 2 fully saturated rings. The largest absolute Gasteiger partial charge is 0.447 e. The van der Waals surface area contributed by atoms with E-state index in [1.54, 1.807) is 0 Å². The summed E-state index contributed by atoms with van der Waals surface area (Å²) >= 11 is 0. The van der Waals surface area contributed by atoms with Gasteiger partial charge in [0.2, 0.25) is 5.91 Å². The zero-order chi connectivity index (χ0) is 16.4. The third kappa shape index (κ3) is 3.55. The minimum Gasteiger partial charge on any atom is -0.447 e. The van der Waals surface area contributed by atoms with Crippen LogP contribution in [0, 0.1) is 5.92 Å². The molecule has 2 saturated heterocycles. The smallest absolute Gasteiger partial charge is 0.416 e. The van der Waals surface area contributed by atoms with E-state index in [4.69, 9.17) is 4.74 Å². The summed E-state index contributed by atoms with van der Waals surface area (Å²) in [5, 5.41) is 0. The van der Waals surface area contributed by atoms with Gasteiger partial charge in [-0.3, -0.25) is 4.79 Å². The fourth-order valence-electron chi connectivity index (χ4n) is 3.18. The van der Waals surface area contributed by atoms with Crippen LogP contribution in [0.5, 0.6) is 0 Å². The number of hydrogen-bond donors (Lipinski definition) is 0. The van der Waals surface area contributed by atoms with E-state index in [-0.39, 0.29) is 24.2 Å². The van der Waals surface area contributed by atoms with Crippen molar-refractivity contribution in [1.29, 1.82) is 0 Å². The Morgan fingerprint density at radius 1 is 1.26 bits per heavy atom. The Bertz CT molecular complexity index is 700. The molecule has 0 radical (unpaired) electrons. The van der Waals surface area contributed by atoms with Crippen LogP contribution < -0.4 is 0 Å². The average Bonchev–Trinajstić information content (AvgIpc) is 2.87. The van der Waals surface area contributed by atoms with Crippen LogP contribution in [0.3, 0.4) is 0 Å². The van der Waals surface area contributed by atoms with E-state index in [9.17, 15) is 18.0 Å². The Morgan fingerprint density at radius 2 is 2.00 bits per heavy atom. The van der Waals surface area contributed by atoms with Crippen molar-refractivity contribution in [1.82, 2.24) is 4.90 Å². The van der Waals surface area contributed by atoms with E-state index in [1.165, 1.54) is 0 Å². The monoisotopic (exact) mass is 337 g/mol. The molecule has 2 atom stereocenters. The van der Waals surface area contributed by atoms with Crippen LogP contribution in [0.1, 0.15) is 18.4 Å². The summed E-state index contributed by atoms with van der Waals surface area (Å²) in [7, 11) is -3.20. The highest BCUT2D eigenvalue weighted by molar-refractivity contribution is 7.91. The fraction of sp³-hybridized carbons (Fsp3) is 0.500. The molecule has 0 aliphatic carbocycles. The predicted molar refractivity (Wildman–Crippen MR) is 83.5 cm³/mol. The van der Waals surface area contributed by atoms with Crippen LogP contribution >= 0.6 is 0 Å². The van der Waals surface area contributed by atoms with Crippen LogP contribution in [0.4, 0.5) is 4.79 Å². The normalized spacial score (nSPS) is 26.8. The molecular weight excluding hydrogens is 318 g/mol. The molecule has 2 heterocycles. The number of benzene rings is 1. The van der Waals surface area contributed by atoms with Crippen LogP contribution in [0.15, 0.2) is 30.3 Å². The Labute approximate surface area is 135 Å². The molecule has 0 bridgehead atoms. The predicted octanol–water partition coefficient (Wildman–Crippen LogP) is 1.40. The van der Waals surface area contributed by atoms with Crippen LogP contribution in [0.2, 0.25) is 0 Å². The van der Waals surface area contributed by atoms with Crippen LogP contribution in [-0.2, 0) is 25.8 Å². The number of sulfone groups is 1. The minimum absolute atomic E-state index is 0.120. The minimum atomic E-state index is -3.20. The molecule has 23 heavy (non-hydrogen) atoms. The van der Waals surface area contributed by atoms with Gasteiger partial charge >= 0.3 is 6.09 Å². The molecule has 0 aromatic heterocycles. The van der Waals surface area contributed by atoms with Gasteiger partial charge < -0.3 is 4.74 Å². The summed E-state index contributed by atoms with van der Waals surface area (Å²) in [6, 6.07) is 9.17. The van der Waals surface area contributed by atoms with Gasteiger partial charge in [-0.2, -0.15) is 0 Å². The zero-order valence-corrected chi connectivity index (χ0v) is 13.5. The Balaban J connectivity index is 1.75. The van der Waals surface area contributed by atoms with Gasteiger partial charge in [-0.05, 0) is 24.8 Å². The van der Waals surface area contributed by atoms with Gasteiger partial charge in [0, 0.05) is 0 Å². The molecule has 0 N–H and O–H groups in total. The summed E-state index contributed by atoms with van der Waals surface area (Å²) in [5.74, 6) is -1.11. The van der Waals surface area contributed by atoms with Crippen LogP contribution in [0.25, 0.3) is 0 Å². The number of carbonyl (C=O) groups is 2. The molecule has 6 nitrogen and oxygen atoms in total. The van der Waals surface area contributed by atoms with Gasteiger partial charge in [-0.25, -0.2) is 18.1 Å². The first kappa shape index (κ1) is 16.0. The van der Waals surface area contributed by atoms with Crippen LogP contribution in [-0.4, -0.2) is 49.5 Å². The highest BCUT2D eigenvalue weighted by Gasteiger charge is 2.42. The van der Waals surface area contributed by atoms with Crippen molar-refractivity contribution in [2.45, 2.75) is 25.3 Å². The molecule has 7 heteroatoms. The highest BCUT2D eigenvalue weighted by atomic mass is 32.2. The van der Waals surface area contributed by atoms with Gasteiger partial charge in [0.1, 0.15) is 6.61 Å². The van der Waals surface area contributed by atoms with E-state index in [0.717, 1.165) is 10.5 Å². The first-order valence-electron chi connectivity index (χ1n) is 7.70. The molecule has 124 valence electrons. The standard InChI is InChI=1S/C16H19NO5S/c18-15(13-7-4-8-23(20,21)11-13)17-14(10-22-16(17)19)9-12-5-2-1-3-6-12/h1-3,5-6,13-14H,4,7-11H2/t13-,14-/m1/s1. The number of hydrogen-bond acceptors (Lipinski definition) is 5. The Kier molecular flexibility index (Phi) is 4.39. The third-order valence-corrected chi connectivity index (χ3v) is 6.15.